The van der Waals surface area contributed by atoms with Crippen LogP contribution in [0.25, 0.3) is 0 Å². The van der Waals surface area contributed by atoms with Crippen LogP contribution in [-0.4, -0.2) is 24.9 Å². The molecule has 0 aromatic heterocycles. The summed E-state index contributed by atoms with van der Waals surface area (Å²) in [4.78, 5) is 11.9. The summed E-state index contributed by atoms with van der Waals surface area (Å²) in [6, 6.07) is 8.46. The molecule has 0 N–H and O–H groups in total. The summed E-state index contributed by atoms with van der Waals surface area (Å²) in [6.45, 7) is 5.02. The van der Waals surface area contributed by atoms with Crippen molar-refractivity contribution in [2.45, 2.75) is 116 Å². The first-order valence-corrected chi connectivity index (χ1v) is 12.2. The number of carbonyl (C=O) groups is 1. The van der Waals surface area contributed by atoms with E-state index in [9.17, 15) is 9.18 Å². The third kappa shape index (κ3) is 9.06. The summed E-state index contributed by atoms with van der Waals surface area (Å²) >= 11 is 0. The van der Waals surface area contributed by atoms with Gasteiger partial charge >= 0.3 is 5.97 Å². The predicted molar refractivity (Wildman–Crippen MR) is 121 cm³/mol. The summed E-state index contributed by atoms with van der Waals surface area (Å²) in [6.07, 6.45) is 11.5. The van der Waals surface area contributed by atoms with Gasteiger partial charge in [-0.1, -0.05) is 70.9 Å². The molecule has 1 aliphatic rings. The standard InChI is InChI=1S/C26H41FO3/c1-3-5-7-8-9-10-20-29-23-16-12-21(13-17-23)22-14-18-24(19-15-22)30-26(28)25(27)11-6-4-2/h12-13,16-17,22,24-25H,3-11,14-15,18-20H2,1-2H3/t22-,24-,25-/m0/s1. The molecular formula is C26H41FO3. The third-order valence-electron chi connectivity index (χ3n) is 6.14. The maximum absolute atomic E-state index is 13.8. The maximum Gasteiger partial charge on any atom is 0.340 e. The molecule has 0 unspecified atom stereocenters. The van der Waals surface area contributed by atoms with Crippen molar-refractivity contribution >= 4 is 5.97 Å². The van der Waals surface area contributed by atoms with Gasteiger partial charge in [0.05, 0.1) is 6.61 Å². The normalized spacial score (nSPS) is 20.0. The molecule has 1 aromatic carbocycles. The van der Waals surface area contributed by atoms with Gasteiger partial charge in [0.1, 0.15) is 11.9 Å². The van der Waals surface area contributed by atoms with Crippen LogP contribution in [0.15, 0.2) is 24.3 Å². The van der Waals surface area contributed by atoms with Crippen molar-refractivity contribution in [1.29, 1.82) is 0 Å². The van der Waals surface area contributed by atoms with Crippen molar-refractivity contribution in [2.24, 2.45) is 0 Å². The molecule has 30 heavy (non-hydrogen) atoms. The third-order valence-corrected chi connectivity index (χ3v) is 6.14. The molecule has 1 atom stereocenters. The number of hydrogen-bond acceptors (Lipinski definition) is 3. The topological polar surface area (TPSA) is 35.5 Å². The minimum absolute atomic E-state index is 0.131. The Morgan fingerprint density at radius 2 is 1.57 bits per heavy atom. The van der Waals surface area contributed by atoms with Crippen molar-refractivity contribution in [3.63, 3.8) is 0 Å². The first-order valence-electron chi connectivity index (χ1n) is 12.2. The van der Waals surface area contributed by atoms with Crippen molar-refractivity contribution in [3.8, 4) is 5.75 Å². The zero-order valence-corrected chi connectivity index (χ0v) is 19.0. The first kappa shape index (κ1) is 24.7. The molecule has 170 valence electrons. The highest BCUT2D eigenvalue weighted by Gasteiger charge is 2.27. The quantitative estimate of drug-likeness (QED) is 0.230. The Kier molecular flexibility index (Phi) is 11.9. The highest BCUT2D eigenvalue weighted by Crippen LogP contribution is 2.35. The average Bonchev–Trinajstić information content (AvgIpc) is 2.77. The molecule has 3 nitrogen and oxygen atoms in total. The number of alkyl halides is 1. The zero-order chi connectivity index (χ0) is 21.6. The molecule has 0 radical (unpaired) electrons. The van der Waals surface area contributed by atoms with E-state index < -0.39 is 12.1 Å². The van der Waals surface area contributed by atoms with Crippen LogP contribution in [0.5, 0.6) is 5.75 Å². The van der Waals surface area contributed by atoms with E-state index >= 15 is 0 Å². The summed E-state index contributed by atoms with van der Waals surface area (Å²) < 4.78 is 25.1. The van der Waals surface area contributed by atoms with Gasteiger partial charge in [-0.2, -0.15) is 0 Å². The number of rotatable bonds is 14. The van der Waals surface area contributed by atoms with Crippen LogP contribution in [0.3, 0.4) is 0 Å². The van der Waals surface area contributed by atoms with Crippen LogP contribution in [0, 0.1) is 0 Å². The fourth-order valence-corrected chi connectivity index (χ4v) is 4.16. The monoisotopic (exact) mass is 420 g/mol. The number of halogens is 1. The molecule has 0 spiro atoms. The van der Waals surface area contributed by atoms with Crippen molar-refractivity contribution in [3.05, 3.63) is 29.8 Å². The van der Waals surface area contributed by atoms with E-state index in [4.69, 9.17) is 9.47 Å². The number of benzene rings is 1. The molecule has 0 aliphatic heterocycles. The molecule has 0 saturated heterocycles. The number of carbonyl (C=O) groups excluding carboxylic acids is 1. The minimum Gasteiger partial charge on any atom is -0.494 e. The minimum atomic E-state index is -1.47. The second-order valence-electron chi connectivity index (χ2n) is 8.71. The second kappa shape index (κ2) is 14.4. The molecule has 0 heterocycles. The van der Waals surface area contributed by atoms with Crippen LogP contribution in [-0.2, 0) is 9.53 Å². The van der Waals surface area contributed by atoms with Crippen LogP contribution >= 0.6 is 0 Å². The van der Waals surface area contributed by atoms with Gasteiger partial charge in [0.25, 0.3) is 0 Å². The molecule has 1 aliphatic carbocycles. The summed E-state index contributed by atoms with van der Waals surface area (Å²) in [7, 11) is 0. The van der Waals surface area contributed by atoms with E-state index in [1.165, 1.54) is 37.7 Å². The lowest BCUT2D eigenvalue weighted by Crippen LogP contribution is -2.28. The Morgan fingerprint density at radius 1 is 0.933 bits per heavy atom. The summed E-state index contributed by atoms with van der Waals surface area (Å²) in [5.41, 5.74) is 1.32. The molecule has 4 heteroatoms. The van der Waals surface area contributed by atoms with Crippen LogP contribution in [0.1, 0.15) is 109 Å². The maximum atomic E-state index is 13.8. The van der Waals surface area contributed by atoms with E-state index in [0.717, 1.165) is 57.3 Å². The van der Waals surface area contributed by atoms with Crippen LogP contribution in [0.4, 0.5) is 4.39 Å². The Hall–Kier alpha value is -1.58. The summed E-state index contributed by atoms with van der Waals surface area (Å²) in [5, 5.41) is 0. The summed E-state index contributed by atoms with van der Waals surface area (Å²) in [5.74, 6) is 0.753. The highest BCUT2D eigenvalue weighted by atomic mass is 19.1. The van der Waals surface area contributed by atoms with E-state index in [2.05, 4.69) is 31.2 Å². The number of ether oxygens (including phenoxy) is 2. The van der Waals surface area contributed by atoms with Gasteiger partial charge in [0.15, 0.2) is 6.17 Å². The molecule has 2 rings (SSSR count). The van der Waals surface area contributed by atoms with Gasteiger partial charge in [0, 0.05) is 0 Å². The molecule has 1 saturated carbocycles. The van der Waals surface area contributed by atoms with Gasteiger partial charge < -0.3 is 9.47 Å². The molecule has 0 amide bonds. The fraction of sp³-hybridized carbons (Fsp3) is 0.731. The molecule has 1 fully saturated rings. The van der Waals surface area contributed by atoms with Crippen molar-refractivity contribution in [1.82, 2.24) is 0 Å². The van der Waals surface area contributed by atoms with Crippen molar-refractivity contribution < 1.29 is 18.7 Å². The highest BCUT2D eigenvalue weighted by molar-refractivity contribution is 5.74. The van der Waals surface area contributed by atoms with E-state index in [0.29, 0.717) is 5.92 Å². The van der Waals surface area contributed by atoms with Crippen LogP contribution < -0.4 is 4.74 Å². The Balaban J connectivity index is 1.65. The second-order valence-corrected chi connectivity index (χ2v) is 8.71. The lowest BCUT2D eigenvalue weighted by atomic mass is 9.83. The zero-order valence-electron chi connectivity index (χ0n) is 19.0. The largest absolute Gasteiger partial charge is 0.494 e. The number of esters is 1. The molecular weight excluding hydrogens is 379 g/mol. The van der Waals surface area contributed by atoms with Gasteiger partial charge in [-0.25, -0.2) is 9.18 Å². The predicted octanol–water partition coefficient (Wildman–Crippen LogP) is 7.52. The van der Waals surface area contributed by atoms with E-state index in [1.807, 2.05) is 6.92 Å². The number of unbranched alkanes of at least 4 members (excludes halogenated alkanes) is 6. The smallest absolute Gasteiger partial charge is 0.340 e. The average molecular weight is 421 g/mol. The fourth-order valence-electron chi connectivity index (χ4n) is 4.16. The Labute approximate surface area is 182 Å². The molecule has 0 bridgehead atoms. The van der Waals surface area contributed by atoms with Gasteiger partial charge in [-0.3, -0.25) is 0 Å². The van der Waals surface area contributed by atoms with E-state index in [1.54, 1.807) is 0 Å². The van der Waals surface area contributed by atoms with Crippen molar-refractivity contribution in [2.75, 3.05) is 6.61 Å². The number of hydrogen-bond donors (Lipinski definition) is 0. The SMILES string of the molecule is CCCCCCCCOc1ccc([C@H]2CC[C@H](OC(=O)[C@@H](F)CCCC)CC2)cc1. The van der Waals surface area contributed by atoms with Crippen LogP contribution in [0.2, 0.25) is 0 Å². The van der Waals surface area contributed by atoms with Gasteiger partial charge in [0.2, 0.25) is 0 Å². The van der Waals surface area contributed by atoms with E-state index in [-0.39, 0.29) is 12.5 Å². The van der Waals surface area contributed by atoms with Gasteiger partial charge in [-0.05, 0) is 62.1 Å². The Bertz CT molecular complexity index is 578. The lowest BCUT2D eigenvalue weighted by molar-refractivity contribution is -0.157. The lowest BCUT2D eigenvalue weighted by Gasteiger charge is -2.29. The first-order chi connectivity index (χ1) is 14.6. The Morgan fingerprint density at radius 3 is 2.23 bits per heavy atom. The molecule has 1 aromatic rings. The van der Waals surface area contributed by atoms with Gasteiger partial charge in [-0.15, -0.1) is 0 Å².